The molecule has 5 rings (SSSR count). The zero-order valence-corrected chi connectivity index (χ0v) is 19.3. The maximum absolute atomic E-state index is 13.0. The Kier molecular flexibility index (Phi) is 6.60. The molecule has 0 bridgehead atoms. The molecule has 0 saturated heterocycles. The van der Waals surface area contributed by atoms with Gasteiger partial charge in [-0.15, -0.1) is 12.4 Å². The van der Waals surface area contributed by atoms with Crippen LogP contribution in [0.1, 0.15) is 21.5 Å². The molecule has 2 aliphatic rings. The molecule has 2 aromatic carbocycles. The SMILES string of the molecule is Cl.O=C1c2cnc(Nc3ccc4c(c3)CNCC4)nc2SCN1c1c(Cl)cccc1Cl. The number of carbonyl (C=O) groups is 1. The second-order valence-electron chi connectivity index (χ2n) is 7.02. The lowest BCUT2D eigenvalue weighted by Gasteiger charge is -2.28. The van der Waals surface area contributed by atoms with E-state index in [4.69, 9.17) is 23.2 Å². The molecule has 1 aromatic heterocycles. The fourth-order valence-electron chi connectivity index (χ4n) is 3.61. The van der Waals surface area contributed by atoms with Gasteiger partial charge in [0.1, 0.15) is 5.03 Å². The number of hydrogen-bond acceptors (Lipinski definition) is 6. The van der Waals surface area contributed by atoms with Crippen LogP contribution in [0.3, 0.4) is 0 Å². The van der Waals surface area contributed by atoms with Gasteiger partial charge in [-0.25, -0.2) is 9.97 Å². The van der Waals surface area contributed by atoms with Gasteiger partial charge in [0, 0.05) is 18.4 Å². The molecular formula is C21H18Cl3N5OS. The number of aromatic nitrogens is 2. The Morgan fingerprint density at radius 1 is 1.13 bits per heavy atom. The Morgan fingerprint density at radius 2 is 1.94 bits per heavy atom. The van der Waals surface area contributed by atoms with Crippen LogP contribution in [0.2, 0.25) is 10.0 Å². The summed E-state index contributed by atoms with van der Waals surface area (Å²) in [5.41, 5.74) is 4.51. The Bertz CT molecular complexity index is 1140. The molecule has 3 heterocycles. The molecule has 0 radical (unpaired) electrons. The number of rotatable bonds is 3. The highest BCUT2D eigenvalue weighted by molar-refractivity contribution is 7.99. The van der Waals surface area contributed by atoms with E-state index in [0.29, 0.717) is 38.1 Å². The summed E-state index contributed by atoms with van der Waals surface area (Å²) in [6.07, 6.45) is 2.59. The van der Waals surface area contributed by atoms with Crippen molar-refractivity contribution in [2.45, 2.75) is 18.0 Å². The van der Waals surface area contributed by atoms with Crippen molar-refractivity contribution in [3.05, 3.63) is 69.3 Å². The summed E-state index contributed by atoms with van der Waals surface area (Å²) in [6, 6.07) is 11.5. The van der Waals surface area contributed by atoms with E-state index in [1.807, 2.05) is 6.07 Å². The first-order valence-electron chi connectivity index (χ1n) is 9.45. The molecule has 160 valence electrons. The van der Waals surface area contributed by atoms with Crippen molar-refractivity contribution in [1.82, 2.24) is 15.3 Å². The van der Waals surface area contributed by atoms with Crippen molar-refractivity contribution in [2.24, 2.45) is 0 Å². The second kappa shape index (κ2) is 9.22. The van der Waals surface area contributed by atoms with Crippen molar-refractivity contribution in [1.29, 1.82) is 0 Å². The van der Waals surface area contributed by atoms with Crippen LogP contribution < -0.4 is 15.5 Å². The second-order valence-corrected chi connectivity index (χ2v) is 8.77. The minimum atomic E-state index is -0.217. The van der Waals surface area contributed by atoms with Gasteiger partial charge in [0.25, 0.3) is 5.91 Å². The third-order valence-electron chi connectivity index (χ3n) is 5.12. The van der Waals surface area contributed by atoms with E-state index in [0.717, 1.165) is 25.2 Å². The molecule has 6 nitrogen and oxygen atoms in total. The van der Waals surface area contributed by atoms with Crippen LogP contribution in [0.25, 0.3) is 0 Å². The molecule has 0 unspecified atom stereocenters. The van der Waals surface area contributed by atoms with Crippen molar-refractivity contribution in [2.75, 3.05) is 22.6 Å². The fraction of sp³-hybridized carbons (Fsp3) is 0.190. The van der Waals surface area contributed by atoms with E-state index in [2.05, 4.69) is 32.7 Å². The highest BCUT2D eigenvalue weighted by Gasteiger charge is 2.30. The van der Waals surface area contributed by atoms with Crippen LogP contribution in [0.15, 0.2) is 47.6 Å². The molecule has 2 N–H and O–H groups in total. The molecule has 10 heteroatoms. The smallest absolute Gasteiger partial charge is 0.263 e. The topological polar surface area (TPSA) is 70.1 Å². The standard InChI is InChI=1S/C21H17Cl2N5OS.ClH/c22-16-2-1-3-17(23)18(16)28-11-30-19-15(20(28)29)10-25-21(27-19)26-14-5-4-12-6-7-24-9-13(12)8-14;/h1-5,8,10,24H,6-7,9,11H2,(H,25,26,27);1H. The van der Waals surface area contributed by atoms with Gasteiger partial charge in [-0.1, -0.05) is 47.1 Å². The van der Waals surface area contributed by atoms with Gasteiger partial charge in [-0.3, -0.25) is 9.69 Å². The third-order valence-corrected chi connectivity index (χ3v) is 6.70. The molecule has 0 spiro atoms. The third kappa shape index (κ3) is 4.33. The fourth-order valence-corrected chi connectivity index (χ4v) is 5.16. The average molecular weight is 495 g/mol. The maximum Gasteiger partial charge on any atom is 0.263 e. The Hall–Kier alpha value is -2.03. The number of benzene rings is 2. The summed E-state index contributed by atoms with van der Waals surface area (Å²) in [6.45, 7) is 1.87. The van der Waals surface area contributed by atoms with Crippen LogP contribution in [-0.4, -0.2) is 28.3 Å². The first-order valence-corrected chi connectivity index (χ1v) is 11.2. The van der Waals surface area contributed by atoms with E-state index in [9.17, 15) is 4.79 Å². The van der Waals surface area contributed by atoms with Crippen molar-refractivity contribution >= 4 is 70.6 Å². The number of anilines is 3. The van der Waals surface area contributed by atoms with Crippen molar-refractivity contribution < 1.29 is 4.79 Å². The summed E-state index contributed by atoms with van der Waals surface area (Å²) in [4.78, 5) is 23.5. The Morgan fingerprint density at radius 3 is 2.74 bits per heavy atom. The van der Waals surface area contributed by atoms with E-state index in [1.54, 1.807) is 29.3 Å². The Labute approximate surface area is 200 Å². The summed E-state index contributed by atoms with van der Waals surface area (Å²) in [5, 5.41) is 8.13. The molecule has 1 amide bonds. The highest BCUT2D eigenvalue weighted by Crippen LogP contribution is 2.39. The summed E-state index contributed by atoms with van der Waals surface area (Å²) >= 11 is 14.0. The number of thioether (sulfide) groups is 1. The zero-order valence-electron chi connectivity index (χ0n) is 16.2. The average Bonchev–Trinajstić information content (AvgIpc) is 2.75. The lowest BCUT2D eigenvalue weighted by molar-refractivity contribution is 0.0985. The molecule has 0 aliphatic carbocycles. The van der Waals surface area contributed by atoms with Crippen molar-refractivity contribution in [3.8, 4) is 0 Å². The minimum Gasteiger partial charge on any atom is -0.324 e. The molecule has 31 heavy (non-hydrogen) atoms. The van der Waals surface area contributed by atoms with Gasteiger partial charge >= 0.3 is 0 Å². The van der Waals surface area contributed by atoms with E-state index >= 15 is 0 Å². The van der Waals surface area contributed by atoms with Crippen molar-refractivity contribution in [3.63, 3.8) is 0 Å². The first-order chi connectivity index (χ1) is 14.6. The molecule has 0 saturated carbocycles. The first kappa shape index (κ1) is 22.2. The minimum absolute atomic E-state index is 0. The van der Waals surface area contributed by atoms with Gasteiger partial charge in [0.15, 0.2) is 0 Å². The van der Waals surface area contributed by atoms with Gasteiger partial charge < -0.3 is 10.6 Å². The summed E-state index contributed by atoms with van der Waals surface area (Å²) in [7, 11) is 0. The number of nitrogens with zero attached hydrogens (tertiary/aromatic N) is 3. The Balaban J connectivity index is 0.00000231. The van der Waals surface area contributed by atoms with Crippen LogP contribution in [-0.2, 0) is 13.0 Å². The normalized spacial score (nSPS) is 15.0. The van der Waals surface area contributed by atoms with E-state index < -0.39 is 0 Å². The van der Waals surface area contributed by atoms with Gasteiger partial charge in [-0.2, -0.15) is 0 Å². The van der Waals surface area contributed by atoms with Crippen LogP contribution in [0.4, 0.5) is 17.3 Å². The number of nitrogens with one attached hydrogen (secondary N) is 2. The molecule has 0 atom stereocenters. The number of carbonyl (C=O) groups excluding carboxylic acids is 1. The van der Waals surface area contributed by atoms with E-state index in [-0.39, 0.29) is 18.3 Å². The van der Waals surface area contributed by atoms with Crippen LogP contribution >= 0.6 is 47.4 Å². The lowest BCUT2D eigenvalue weighted by atomic mass is 10.0. The zero-order chi connectivity index (χ0) is 20.7. The van der Waals surface area contributed by atoms with E-state index in [1.165, 1.54) is 22.9 Å². The van der Waals surface area contributed by atoms with Crippen LogP contribution in [0, 0.1) is 0 Å². The summed E-state index contributed by atoms with van der Waals surface area (Å²) in [5.74, 6) is 0.614. The number of halogens is 3. The molecule has 0 fully saturated rings. The molecular weight excluding hydrogens is 477 g/mol. The van der Waals surface area contributed by atoms with Gasteiger partial charge in [0.05, 0.1) is 27.2 Å². The van der Waals surface area contributed by atoms with Crippen LogP contribution in [0.5, 0.6) is 0 Å². The quantitative estimate of drug-likeness (QED) is 0.481. The number of hydrogen-bond donors (Lipinski definition) is 2. The molecule has 2 aliphatic heterocycles. The lowest BCUT2D eigenvalue weighted by Crippen LogP contribution is -2.35. The maximum atomic E-state index is 13.0. The number of amides is 1. The predicted molar refractivity (Wildman–Crippen MR) is 128 cm³/mol. The summed E-state index contributed by atoms with van der Waals surface area (Å²) < 4.78 is 0. The van der Waals surface area contributed by atoms with Gasteiger partial charge in [-0.05, 0) is 48.4 Å². The predicted octanol–water partition coefficient (Wildman–Crippen LogP) is 5.30. The largest absolute Gasteiger partial charge is 0.324 e. The van der Waals surface area contributed by atoms with Gasteiger partial charge in [0.2, 0.25) is 5.95 Å². The molecule has 3 aromatic rings. The monoisotopic (exact) mass is 493 g/mol. The number of para-hydroxylation sites is 1. The highest BCUT2D eigenvalue weighted by atomic mass is 35.5. The number of fused-ring (bicyclic) bond motifs is 2.